The number of hydrogen-bond acceptors (Lipinski definition) is 3. The largest absolute Gasteiger partial charge is 0.507 e. The molecule has 0 radical (unpaired) electrons. The molecule has 0 bridgehead atoms. The van der Waals surface area contributed by atoms with Gasteiger partial charge in [0.05, 0.1) is 7.11 Å². The van der Waals surface area contributed by atoms with E-state index in [9.17, 15) is 5.11 Å². The summed E-state index contributed by atoms with van der Waals surface area (Å²) >= 11 is 0. The highest BCUT2D eigenvalue weighted by atomic mass is 16.5. The van der Waals surface area contributed by atoms with E-state index in [1.165, 1.54) is 24.8 Å². The van der Waals surface area contributed by atoms with Gasteiger partial charge in [-0.25, -0.2) is 0 Å². The molecule has 26 heavy (non-hydrogen) atoms. The van der Waals surface area contributed by atoms with Crippen LogP contribution < -0.4 is 4.74 Å². The van der Waals surface area contributed by atoms with E-state index < -0.39 is 0 Å². The zero-order valence-electron chi connectivity index (χ0n) is 16.5. The maximum atomic E-state index is 11.0. The summed E-state index contributed by atoms with van der Waals surface area (Å²) in [5.74, 6) is 1.24. The van der Waals surface area contributed by atoms with Crippen LogP contribution in [0.25, 0.3) is 11.1 Å². The number of benzene rings is 2. The number of likely N-dealkylation sites (tertiary alicyclic amines) is 1. The van der Waals surface area contributed by atoms with Gasteiger partial charge in [0.1, 0.15) is 11.5 Å². The van der Waals surface area contributed by atoms with E-state index in [-0.39, 0.29) is 5.41 Å². The van der Waals surface area contributed by atoms with Gasteiger partial charge < -0.3 is 9.84 Å². The van der Waals surface area contributed by atoms with Gasteiger partial charge in [-0.2, -0.15) is 0 Å². The molecule has 0 spiro atoms. The molecule has 1 N–H and O–H groups in total. The number of piperidine rings is 1. The van der Waals surface area contributed by atoms with E-state index in [2.05, 4.69) is 37.8 Å². The van der Waals surface area contributed by atoms with E-state index in [1.54, 1.807) is 7.11 Å². The van der Waals surface area contributed by atoms with Crippen LogP contribution in [0.1, 0.15) is 51.2 Å². The van der Waals surface area contributed by atoms with Gasteiger partial charge in [0, 0.05) is 17.7 Å². The summed E-state index contributed by atoms with van der Waals surface area (Å²) in [5.41, 5.74) is 4.26. The lowest BCUT2D eigenvalue weighted by Crippen LogP contribution is -2.29. The Morgan fingerprint density at radius 2 is 1.65 bits per heavy atom. The Bertz CT molecular complexity index is 738. The Morgan fingerprint density at radius 1 is 1.00 bits per heavy atom. The van der Waals surface area contributed by atoms with Crippen molar-refractivity contribution in [2.45, 2.75) is 52.0 Å². The summed E-state index contributed by atoms with van der Waals surface area (Å²) in [5, 5.41) is 11.0. The quantitative estimate of drug-likeness (QED) is 0.804. The first-order valence-corrected chi connectivity index (χ1v) is 9.61. The molecule has 0 aromatic heterocycles. The number of phenols is 1. The molecule has 1 aliphatic heterocycles. The van der Waals surface area contributed by atoms with Crippen LogP contribution >= 0.6 is 0 Å². The Morgan fingerprint density at radius 3 is 2.23 bits per heavy atom. The Hall–Kier alpha value is -2.00. The van der Waals surface area contributed by atoms with Crippen LogP contribution in [0.3, 0.4) is 0 Å². The van der Waals surface area contributed by atoms with Crippen LogP contribution in [0.2, 0.25) is 0 Å². The van der Waals surface area contributed by atoms with Crippen molar-refractivity contribution in [3.8, 4) is 22.6 Å². The van der Waals surface area contributed by atoms with Crippen molar-refractivity contribution in [2.75, 3.05) is 20.2 Å². The van der Waals surface area contributed by atoms with Gasteiger partial charge in [0.15, 0.2) is 0 Å². The highest BCUT2D eigenvalue weighted by molar-refractivity contribution is 5.73. The molecule has 2 aromatic rings. The fourth-order valence-corrected chi connectivity index (χ4v) is 3.60. The number of phenolic OH excluding ortho intramolecular Hbond substituents is 1. The number of ether oxygens (including phenoxy) is 1. The molecule has 3 nitrogen and oxygen atoms in total. The molecule has 1 saturated heterocycles. The predicted molar refractivity (Wildman–Crippen MR) is 108 cm³/mol. The summed E-state index contributed by atoms with van der Waals surface area (Å²) in [7, 11) is 1.67. The second kappa shape index (κ2) is 7.71. The molecule has 2 aromatic carbocycles. The second-order valence-electron chi connectivity index (χ2n) is 8.35. The summed E-state index contributed by atoms with van der Waals surface area (Å²) < 4.78 is 5.27. The van der Waals surface area contributed by atoms with Crippen LogP contribution in [0.15, 0.2) is 36.4 Å². The number of hydrogen-bond donors (Lipinski definition) is 1. The first-order chi connectivity index (χ1) is 12.4. The third kappa shape index (κ3) is 4.21. The van der Waals surface area contributed by atoms with Crippen molar-refractivity contribution in [2.24, 2.45) is 0 Å². The summed E-state index contributed by atoms with van der Waals surface area (Å²) in [4.78, 5) is 2.46. The van der Waals surface area contributed by atoms with Crippen molar-refractivity contribution < 1.29 is 9.84 Å². The molecular formula is C23H31NO2. The zero-order chi connectivity index (χ0) is 18.7. The minimum atomic E-state index is 0.0333. The molecule has 3 heteroatoms. The van der Waals surface area contributed by atoms with Gasteiger partial charge in [0.25, 0.3) is 0 Å². The predicted octanol–water partition coefficient (Wildman–Crippen LogP) is 5.35. The van der Waals surface area contributed by atoms with E-state index in [0.29, 0.717) is 5.75 Å². The van der Waals surface area contributed by atoms with Crippen LogP contribution in [0.4, 0.5) is 0 Å². The molecule has 0 amide bonds. The number of nitrogens with zero attached hydrogens (tertiary/aromatic N) is 1. The lowest BCUT2D eigenvalue weighted by Gasteiger charge is -2.28. The maximum absolute atomic E-state index is 11.0. The van der Waals surface area contributed by atoms with Crippen molar-refractivity contribution in [1.29, 1.82) is 0 Å². The normalized spacial score (nSPS) is 15.8. The SMILES string of the molecule is COc1ccc(-c2cc(C(C)(C)C)cc(CN3CCCCC3)c2O)cc1. The Balaban J connectivity index is 2.02. The monoisotopic (exact) mass is 353 g/mol. The van der Waals surface area contributed by atoms with Crippen molar-refractivity contribution >= 4 is 0 Å². The van der Waals surface area contributed by atoms with Crippen LogP contribution in [0.5, 0.6) is 11.5 Å². The highest BCUT2D eigenvalue weighted by Crippen LogP contribution is 2.38. The molecule has 1 fully saturated rings. The smallest absolute Gasteiger partial charge is 0.127 e. The molecule has 1 aliphatic rings. The number of methoxy groups -OCH3 is 1. The fourth-order valence-electron chi connectivity index (χ4n) is 3.60. The van der Waals surface area contributed by atoms with Gasteiger partial charge in [-0.15, -0.1) is 0 Å². The summed E-state index contributed by atoms with van der Waals surface area (Å²) in [6.07, 6.45) is 3.83. The molecule has 1 heterocycles. The molecule has 0 saturated carbocycles. The molecule has 3 rings (SSSR count). The van der Waals surface area contributed by atoms with E-state index >= 15 is 0 Å². The molecule has 0 aliphatic carbocycles. The van der Waals surface area contributed by atoms with Crippen LogP contribution in [-0.4, -0.2) is 30.2 Å². The van der Waals surface area contributed by atoms with E-state index in [4.69, 9.17) is 4.74 Å². The summed E-state index contributed by atoms with van der Waals surface area (Å²) in [6, 6.07) is 12.3. The van der Waals surface area contributed by atoms with Crippen molar-refractivity contribution in [1.82, 2.24) is 4.90 Å². The van der Waals surface area contributed by atoms with Gasteiger partial charge in [-0.1, -0.05) is 45.4 Å². The third-order valence-corrected chi connectivity index (χ3v) is 5.30. The first kappa shape index (κ1) is 18.8. The van der Waals surface area contributed by atoms with Crippen LogP contribution in [0, 0.1) is 0 Å². The van der Waals surface area contributed by atoms with Gasteiger partial charge >= 0.3 is 0 Å². The maximum Gasteiger partial charge on any atom is 0.127 e. The van der Waals surface area contributed by atoms with Gasteiger partial charge in [-0.05, 0) is 60.7 Å². The topological polar surface area (TPSA) is 32.7 Å². The average Bonchev–Trinajstić information content (AvgIpc) is 2.63. The van der Waals surface area contributed by atoms with Crippen molar-refractivity contribution in [3.63, 3.8) is 0 Å². The Kier molecular flexibility index (Phi) is 5.57. The van der Waals surface area contributed by atoms with Gasteiger partial charge in [0.2, 0.25) is 0 Å². The number of aromatic hydroxyl groups is 1. The van der Waals surface area contributed by atoms with E-state index in [0.717, 1.165) is 42.1 Å². The molecule has 140 valence electrons. The van der Waals surface area contributed by atoms with Gasteiger partial charge in [-0.3, -0.25) is 4.90 Å². The highest BCUT2D eigenvalue weighted by Gasteiger charge is 2.21. The summed E-state index contributed by atoms with van der Waals surface area (Å²) in [6.45, 7) is 9.73. The minimum Gasteiger partial charge on any atom is -0.507 e. The zero-order valence-corrected chi connectivity index (χ0v) is 16.5. The number of rotatable bonds is 4. The second-order valence-corrected chi connectivity index (χ2v) is 8.35. The molecule has 0 unspecified atom stereocenters. The standard InChI is InChI=1S/C23H31NO2/c1-23(2,3)19-14-18(16-24-12-6-5-7-13-24)22(25)21(15-19)17-8-10-20(26-4)11-9-17/h8-11,14-15,25H,5-7,12-13,16H2,1-4H3. The van der Waals surface area contributed by atoms with Crippen LogP contribution in [-0.2, 0) is 12.0 Å². The lowest BCUT2D eigenvalue weighted by atomic mass is 9.83. The minimum absolute atomic E-state index is 0.0333. The molecular weight excluding hydrogens is 322 g/mol. The lowest BCUT2D eigenvalue weighted by molar-refractivity contribution is 0.218. The third-order valence-electron chi connectivity index (χ3n) is 5.30. The fraction of sp³-hybridized carbons (Fsp3) is 0.478. The average molecular weight is 354 g/mol. The molecule has 0 atom stereocenters. The first-order valence-electron chi connectivity index (χ1n) is 9.61. The Labute approximate surface area is 157 Å². The van der Waals surface area contributed by atoms with E-state index in [1.807, 2.05) is 24.3 Å². The van der Waals surface area contributed by atoms with Crippen molar-refractivity contribution in [3.05, 3.63) is 47.5 Å².